The largest absolute Gasteiger partial charge is 0.349 e. The van der Waals surface area contributed by atoms with E-state index >= 15 is 0 Å². The van der Waals surface area contributed by atoms with Crippen molar-refractivity contribution in [1.82, 2.24) is 15.3 Å². The smallest absolute Gasteiger partial charge is 0.323 e. The van der Waals surface area contributed by atoms with E-state index in [1.807, 2.05) is 0 Å². The fourth-order valence-electron chi connectivity index (χ4n) is 3.60. The first-order chi connectivity index (χ1) is 13.9. The Hall–Kier alpha value is -3.07. The second-order valence-corrected chi connectivity index (χ2v) is 8.96. The molecule has 1 aliphatic carbocycles. The van der Waals surface area contributed by atoms with Gasteiger partial charge in [0, 0.05) is 17.3 Å². The van der Waals surface area contributed by atoms with E-state index in [9.17, 15) is 18.0 Å². The second-order valence-electron chi connectivity index (χ2n) is 7.28. The molecule has 0 spiro atoms. The van der Waals surface area contributed by atoms with Crippen molar-refractivity contribution in [2.24, 2.45) is 0 Å². The molecule has 1 fully saturated rings. The van der Waals surface area contributed by atoms with Gasteiger partial charge in [-0.15, -0.1) is 0 Å². The summed E-state index contributed by atoms with van der Waals surface area (Å²) < 4.78 is 27.8. The van der Waals surface area contributed by atoms with Gasteiger partial charge in [0.05, 0.1) is 15.9 Å². The number of H-pyrrole nitrogens is 2. The van der Waals surface area contributed by atoms with Crippen molar-refractivity contribution in [2.45, 2.75) is 43.0 Å². The lowest BCUT2D eigenvalue weighted by Gasteiger charge is -2.22. The molecule has 0 atom stereocenters. The van der Waals surface area contributed by atoms with Gasteiger partial charge >= 0.3 is 5.69 Å². The first kappa shape index (κ1) is 19.3. The third kappa shape index (κ3) is 4.34. The molecule has 1 aromatic heterocycles. The Kier molecular flexibility index (Phi) is 5.14. The molecule has 2 aromatic carbocycles. The number of amides is 1. The molecular weight excluding hydrogens is 392 g/mol. The zero-order valence-corrected chi connectivity index (χ0v) is 16.5. The third-order valence-electron chi connectivity index (χ3n) is 5.14. The lowest BCUT2D eigenvalue weighted by atomic mass is 9.95. The summed E-state index contributed by atoms with van der Waals surface area (Å²) >= 11 is 0. The predicted octanol–water partition coefficient (Wildman–Crippen LogP) is 2.72. The minimum atomic E-state index is -3.84. The zero-order chi connectivity index (χ0) is 20.4. The normalized spacial score (nSPS) is 15.3. The number of aromatic nitrogens is 2. The number of nitrogens with one attached hydrogen (secondary N) is 4. The quantitative estimate of drug-likeness (QED) is 0.512. The number of carbonyl (C=O) groups excluding carboxylic acids is 1. The molecule has 0 unspecified atom stereocenters. The van der Waals surface area contributed by atoms with E-state index in [2.05, 4.69) is 20.0 Å². The van der Waals surface area contributed by atoms with Crippen molar-refractivity contribution < 1.29 is 13.2 Å². The predicted molar refractivity (Wildman–Crippen MR) is 111 cm³/mol. The highest BCUT2D eigenvalue weighted by Crippen LogP contribution is 2.20. The van der Waals surface area contributed by atoms with Crippen LogP contribution in [0.1, 0.15) is 42.5 Å². The number of anilines is 1. The summed E-state index contributed by atoms with van der Waals surface area (Å²) in [4.78, 5) is 28.9. The van der Waals surface area contributed by atoms with E-state index in [0.29, 0.717) is 22.3 Å². The Balaban J connectivity index is 1.46. The number of fused-ring (bicyclic) bond motifs is 1. The molecule has 8 nitrogen and oxygen atoms in total. The number of aromatic amines is 2. The molecule has 4 rings (SSSR count). The summed E-state index contributed by atoms with van der Waals surface area (Å²) in [5, 5.41) is 3.04. The van der Waals surface area contributed by atoms with Crippen LogP contribution in [-0.2, 0) is 10.0 Å². The molecule has 0 saturated heterocycles. The zero-order valence-electron chi connectivity index (χ0n) is 15.7. The Morgan fingerprint density at radius 3 is 2.34 bits per heavy atom. The first-order valence-corrected chi connectivity index (χ1v) is 11.0. The maximum atomic E-state index is 12.6. The van der Waals surface area contributed by atoms with Crippen molar-refractivity contribution in [3.63, 3.8) is 0 Å². The summed E-state index contributed by atoms with van der Waals surface area (Å²) in [6, 6.07) is 10.9. The Bertz CT molecular complexity index is 1190. The number of carbonyl (C=O) groups is 1. The molecule has 0 aliphatic heterocycles. The highest BCUT2D eigenvalue weighted by Gasteiger charge is 2.18. The van der Waals surface area contributed by atoms with Crippen LogP contribution in [0.25, 0.3) is 11.0 Å². The number of imidazole rings is 1. The van der Waals surface area contributed by atoms with Crippen LogP contribution in [0.5, 0.6) is 0 Å². The van der Waals surface area contributed by atoms with Crippen LogP contribution in [0.15, 0.2) is 52.2 Å². The van der Waals surface area contributed by atoms with Gasteiger partial charge in [-0.2, -0.15) is 0 Å². The van der Waals surface area contributed by atoms with Crippen molar-refractivity contribution in [3.8, 4) is 0 Å². The number of sulfonamides is 1. The molecule has 4 N–H and O–H groups in total. The van der Waals surface area contributed by atoms with Gasteiger partial charge in [-0.05, 0) is 55.3 Å². The van der Waals surface area contributed by atoms with Crippen LogP contribution in [0, 0.1) is 0 Å². The van der Waals surface area contributed by atoms with Crippen LogP contribution < -0.4 is 15.7 Å². The minimum Gasteiger partial charge on any atom is -0.349 e. The Morgan fingerprint density at radius 2 is 1.62 bits per heavy atom. The summed E-state index contributed by atoms with van der Waals surface area (Å²) in [5.41, 5.74) is 1.38. The first-order valence-electron chi connectivity index (χ1n) is 9.56. The second kappa shape index (κ2) is 7.75. The Labute approximate surface area is 167 Å². The number of hydrogen-bond donors (Lipinski definition) is 4. The van der Waals surface area contributed by atoms with E-state index in [4.69, 9.17) is 0 Å². The molecule has 1 amide bonds. The van der Waals surface area contributed by atoms with Crippen molar-refractivity contribution >= 4 is 32.7 Å². The van der Waals surface area contributed by atoms with E-state index in [-0.39, 0.29) is 16.8 Å². The van der Waals surface area contributed by atoms with Crippen molar-refractivity contribution in [2.75, 3.05) is 4.72 Å². The van der Waals surface area contributed by atoms with E-state index in [1.54, 1.807) is 24.3 Å². The molecule has 152 valence electrons. The van der Waals surface area contributed by atoms with Crippen LogP contribution >= 0.6 is 0 Å². The molecule has 0 bridgehead atoms. The SMILES string of the molecule is O=C(NC1CCCCC1)c1ccc(NS(=O)(=O)c2ccc3[nH]c(=O)[nH]c3c2)cc1. The molecule has 3 aromatic rings. The molecular formula is C20H22N4O4S. The molecule has 1 saturated carbocycles. The highest BCUT2D eigenvalue weighted by atomic mass is 32.2. The van der Waals surface area contributed by atoms with Gasteiger partial charge in [-0.3, -0.25) is 9.52 Å². The standard InChI is InChI=1S/C20H22N4O4S/c25-19(21-14-4-2-1-3-5-14)13-6-8-15(9-7-13)24-29(27,28)16-10-11-17-18(12-16)23-20(26)22-17/h6-12,14,24H,1-5H2,(H,21,25)(H2,22,23,26). The average molecular weight is 414 g/mol. The third-order valence-corrected chi connectivity index (χ3v) is 6.52. The fraction of sp³-hybridized carbons (Fsp3) is 0.300. The monoisotopic (exact) mass is 414 g/mol. The van der Waals surface area contributed by atoms with E-state index in [1.165, 1.54) is 24.6 Å². The average Bonchev–Trinajstić information content (AvgIpc) is 3.08. The van der Waals surface area contributed by atoms with Crippen LogP contribution in [0.4, 0.5) is 5.69 Å². The fourth-order valence-corrected chi connectivity index (χ4v) is 4.68. The van der Waals surface area contributed by atoms with E-state index < -0.39 is 15.7 Å². The van der Waals surface area contributed by atoms with Crippen molar-refractivity contribution in [1.29, 1.82) is 0 Å². The molecule has 1 aliphatic rings. The summed E-state index contributed by atoms with van der Waals surface area (Å²) in [6.45, 7) is 0. The number of hydrogen-bond acceptors (Lipinski definition) is 4. The van der Waals surface area contributed by atoms with E-state index in [0.717, 1.165) is 25.7 Å². The van der Waals surface area contributed by atoms with Crippen LogP contribution in [0.2, 0.25) is 0 Å². The maximum Gasteiger partial charge on any atom is 0.323 e. The lowest BCUT2D eigenvalue weighted by Crippen LogP contribution is -2.36. The number of benzene rings is 2. The molecule has 1 heterocycles. The van der Waals surface area contributed by atoms with Gasteiger partial charge in [0.15, 0.2) is 0 Å². The van der Waals surface area contributed by atoms with Gasteiger partial charge in [0.2, 0.25) is 0 Å². The summed E-state index contributed by atoms with van der Waals surface area (Å²) in [7, 11) is -3.84. The van der Waals surface area contributed by atoms with Crippen LogP contribution in [-0.4, -0.2) is 30.3 Å². The highest BCUT2D eigenvalue weighted by molar-refractivity contribution is 7.92. The Morgan fingerprint density at radius 1 is 0.931 bits per heavy atom. The van der Waals surface area contributed by atoms with Crippen molar-refractivity contribution in [3.05, 3.63) is 58.5 Å². The maximum absolute atomic E-state index is 12.6. The summed E-state index contributed by atoms with van der Waals surface area (Å²) in [6.07, 6.45) is 5.48. The van der Waals surface area contributed by atoms with Gasteiger partial charge < -0.3 is 15.3 Å². The van der Waals surface area contributed by atoms with Crippen LogP contribution in [0.3, 0.4) is 0 Å². The van der Waals surface area contributed by atoms with Gasteiger partial charge in [0.25, 0.3) is 15.9 Å². The summed E-state index contributed by atoms with van der Waals surface area (Å²) in [5.74, 6) is -0.145. The topological polar surface area (TPSA) is 124 Å². The molecule has 9 heteroatoms. The minimum absolute atomic E-state index is 0.0272. The lowest BCUT2D eigenvalue weighted by molar-refractivity contribution is 0.0927. The number of rotatable bonds is 5. The van der Waals surface area contributed by atoms with Gasteiger partial charge in [-0.1, -0.05) is 19.3 Å². The van der Waals surface area contributed by atoms with Gasteiger partial charge in [-0.25, -0.2) is 13.2 Å². The molecule has 29 heavy (non-hydrogen) atoms. The molecule has 0 radical (unpaired) electrons. The van der Waals surface area contributed by atoms with Gasteiger partial charge in [0.1, 0.15) is 0 Å².